The van der Waals surface area contributed by atoms with Crippen LogP contribution in [0.15, 0.2) is 57.7 Å². The molecule has 6 nitrogen and oxygen atoms in total. The smallest absolute Gasteiger partial charge is 0.280 e. The van der Waals surface area contributed by atoms with E-state index in [-0.39, 0.29) is 11.6 Å². The quantitative estimate of drug-likeness (QED) is 0.728. The first-order valence-electron chi connectivity index (χ1n) is 7.36. The van der Waals surface area contributed by atoms with E-state index in [2.05, 4.69) is 10.1 Å². The van der Waals surface area contributed by atoms with E-state index in [0.717, 1.165) is 17.9 Å². The van der Waals surface area contributed by atoms with Crippen molar-refractivity contribution in [3.63, 3.8) is 0 Å². The summed E-state index contributed by atoms with van der Waals surface area (Å²) in [7, 11) is 2.02. The van der Waals surface area contributed by atoms with E-state index in [1.165, 1.54) is 0 Å². The van der Waals surface area contributed by atoms with Gasteiger partial charge in [0.15, 0.2) is 11.5 Å². The van der Waals surface area contributed by atoms with Crippen LogP contribution in [-0.4, -0.2) is 31.2 Å². The Kier molecular flexibility index (Phi) is 3.15. The van der Waals surface area contributed by atoms with Crippen LogP contribution in [0.5, 0.6) is 0 Å². The highest BCUT2D eigenvalue weighted by atomic mass is 16.5. The number of hydrogen-bond acceptors (Lipinski definition) is 5. The summed E-state index contributed by atoms with van der Waals surface area (Å²) in [6.07, 6.45) is 1.55. The predicted molar refractivity (Wildman–Crippen MR) is 85.6 cm³/mol. The summed E-state index contributed by atoms with van der Waals surface area (Å²) in [5, 5.41) is 3.90. The first-order valence-corrected chi connectivity index (χ1v) is 7.36. The molecule has 2 aromatic heterocycles. The van der Waals surface area contributed by atoms with Gasteiger partial charge in [-0.15, -0.1) is 0 Å². The van der Waals surface area contributed by atoms with Gasteiger partial charge in [0.25, 0.3) is 5.91 Å². The molecule has 4 rings (SSSR count). The highest BCUT2D eigenvalue weighted by Gasteiger charge is 2.28. The number of aromatic nitrogens is 1. The lowest BCUT2D eigenvalue weighted by molar-refractivity contribution is 0.0978. The molecule has 23 heavy (non-hydrogen) atoms. The van der Waals surface area contributed by atoms with E-state index in [1.807, 2.05) is 31.3 Å². The average molecular weight is 309 g/mol. The zero-order valence-corrected chi connectivity index (χ0v) is 12.6. The molecule has 0 spiro atoms. The summed E-state index contributed by atoms with van der Waals surface area (Å²) in [5.41, 5.74) is 2.19. The van der Waals surface area contributed by atoms with Crippen molar-refractivity contribution in [2.75, 3.05) is 29.9 Å². The summed E-state index contributed by atoms with van der Waals surface area (Å²) in [6.45, 7) is 1.38. The Morgan fingerprint density at radius 2 is 1.91 bits per heavy atom. The third-order valence-corrected chi connectivity index (χ3v) is 3.98. The van der Waals surface area contributed by atoms with Gasteiger partial charge in [0.2, 0.25) is 5.76 Å². The normalized spacial score (nSPS) is 14.0. The van der Waals surface area contributed by atoms with Gasteiger partial charge in [0.05, 0.1) is 17.6 Å². The molecule has 0 saturated heterocycles. The molecule has 3 aromatic rings. The molecule has 6 heteroatoms. The lowest BCUT2D eigenvalue weighted by Gasteiger charge is -2.35. The third-order valence-electron chi connectivity index (χ3n) is 3.98. The van der Waals surface area contributed by atoms with Gasteiger partial charge in [-0.05, 0) is 24.3 Å². The molecule has 0 bridgehead atoms. The zero-order valence-electron chi connectivity index (χ0n) is 12.6. The summed E-state index contributed by atoms with van der Waals surface area (Å²) in [4.78, 5) is 16.7. The van der Waals surface area contributed by atoms with E-state index >= 15 is 0 Å². The van der Waals surface area contributed by atoms with Gasteiger partial charge in [-0.2, -0.15) is 0 Å². The van der Waals surface area contributed by atoms with Gasteiger partial charge in [0.1, 0.15) is 0 Å². The van der Waals surface area contributed by atoms with Crippen molar-refractivity contribution >= 4 is 17.3 Å². The summed E-state index contributed by atoms with van der Waals surface area (Å²) >= 11 is 0. The van der Waals surface area contributed by atoms with Crippen molar-refractivity contribution in [2.45, 2.75) is 0 Å². The molecular weight excluding hydrogens is 294 g/mol. The number of fused-ring (bicyclic) bond motifs is 1. The second-order valence-corrected chi connectivity index (χ2v) is 5.42. The maximum atomic E-state index is 12.8. The Labute approximate surface area is 132 Å². The van der Waals surface area contributed by atoms with Crippen molar-refractivity contribution in [3.05, 3.63) is 54.4 Å². The molecule has 0 atom stereocenters. The summed E-state index contributed by atoms with van der Waals surface area (Å²) < 4.78 is 10.5. The maximum absolute atomic E-state index is 12.8. The molecule has 0 fully saturated rings. The first kappa shape index (κ1) is 13.6. The van der Waals surface area contributed by atoms with Gasteiger partial charge in [-0.1, -0.05) is 17.3 Å². The Hall–Kier alpha value is -3.02. The standard InChI is InChI=1S/C17H15N3O3/c1-19-8-9-20(14-6-3-2-5-13(14)19)17(21)12-11-16(23-18-12)15-7-4-10-22-15/h2-7,10-11H,8-9H2,1H3. The number of rotatable bonds is 2. The third kappa shape index (κ3) is 2.28. The van der Waals surface area contributed by atoms with Gasteiger partial charge in [-0.25, -0.2) is 0 Å². The maximum Gasteiger partial charge on any atom is 0.280 e. The van der Waals surface area contributed by atoms with Crippen LogP contribution in [0.4, 0.5) is 11.4 Å². The minimum atomic E-state index is -0.174. The molecule has 1 aromatic carbocycles. The number of furan rings is 1. The molecule has 0 N–H and O–H groups in total. The molecule has 3 heterocycles. The molecular formula is C17H15N3O3. The molecule has 0 unspecified atom stereocenters. The Balaban J connectivity index is 1.67. The highest BCUT2D eigenvalue weighted by Crippen LogP contribution is 2.33. The molecule has 0 saturated carbocycles. The zero-order chi connectivity index (χ0) is 15.8. The Morgan fingerprint density at radius 3 is 2.70 bits per heavy atom. The van der Waals surface area contributed by atoms with Crippen LogP contribution in [0.1, 0.15) is 10.5 Å². The van der Waals surface area contributed by atoms with Gasteiger partial charge < -0.3 is 18.7 Å². The number of carbonyl (C=O) groups is 1. The fourth-order valence-corrected chi connectivity index (χ4v) is 2.77. The second-order valence-electron chi connectivity index (χ2n) is 5.42. The fourth-order valence-electron chi connectivity index (χ4n) is 2.77. The van der Waals surface area contributed by atoms with Crippen LogP contribution in [-0.2, 0) is 0 Å². The van der Waals surface area contributed by atoms with Crippen molar-refractivity contribution in [1.82, 2.24) is 5.16 Å². The molecule has 1 aliphatic rings. The topological polar surface area (TPSA) is 62.7 Å². The average Bonchev–Trinajstić information content (AvgIpc) is 3.26. The van der Waals surface area contributed by atoms with Crippen LogP contribution in [0.2, 0.25) is 0 Å². The molecule has 116 valence electrons. The largest absolute Gasteiger partial charge is 0.461 e. The molecule has 0 radical (unpaired) electrons. The van der Waals surface area contributed by atoms with E-state index in [0.29, 0.717) is 18.1 Å². The number of anilines is 2. The van der Waals surface area contributed by atoms with Crippen molar-refractivity contribution in [3.8, 4) is 11.5 Å². The summed E-state index contributed by atoms with van der Waals surface area (Å²) in [5.74, 6) is 0.822. The number of amides is 1. The van der Waals surface area contributed by atoms with Crippen LogP contribution in [0.3, 0.4) is 0 Å². The van der Waals surface area contributed by atoms with Crippen molar-refractivity contribution in [1.29, 1.82) is 0 Å². The van der Waals surface area contributed by atoms with Crippen LogP contribution >= 0.6 is 0 Å². The van der Waals surface area contributed by atoms with Crippen LogP contribution in [0.25, 0.3) is 11.5 Å². The van der Waals surface area contributed by atoms with Crippen molar-refractivity contribution in [2.24, 2.45) is 0 Å². The molecule has 1 amide bonds. The minimum Gasteiger partial charge on any atom is -0.461 e. The number of benzene rings is 1. The van der Waals surface area contributed by atoms with E-state index in [9.17, 15) is 4.79 Å². The molecule has 0 aliphatic carbocycles. The highest BCUT2D eigenvalue weighted by molar-refractivity contribution is 6.07. The first-order chi connectivity index (χ1) is 11.2. The summed E-state index contributed by atoms with van der Waals surface area (Å²) in [6, 6.07) is 13.0. The Morgan fingerprint density at radius 1 is 1.09 bits per heavy atom. The number of carbonyl (C=O) groups excluding carboxylic acids is 1. The number of nitrogens with zero attached hydrogens (tertiary/aromatic N) is 3. The van der Waals surface area contributed by atoms with E-state index in [4.69, 9.17) is 8.94 Å². The second kappa shape index (κ2) is 5.31. The monoisotopic (exact) mass is 309 g/mol. The fraction of sp³-hybridized carbons (Fsp3) is 0.176. The van der Waals surface area contributed by atoms with Crippen LogP contribution in [0, 0.1) is 0 Å². The van der Waals surface area contributed by atoms with Crippen LogP contribution < -0.4 is 9.80 Å². The lowest BCUT2D eigenvalue weighted by Crippen LogP contribution is -2.42. The predicted octanol–water partition coefficient (Wildman–Crippen LogP) is 3.03. The number of likely N-dealkylation sites (N-methyl/N-ethyl adjacent to an activating group) is 1. The van der Waals surface area contributed by atoms with E-state index in [1.54, 1.807) is 29.4 Å². The van der Waals surface area contributed by atoms with Gasteiger partial charge in [0, 0.05) is 26.2 Å². The molecule has 1 aliphatic heterocycles. The minimum absolute atomic E-state index is 0.174. The van der Waals surface area contributed by atoms with Crippen molar-refractivity contribution < 1.29 is 13.7 Å². The number of para-hydroxylation sites is 2. The van der Waals surface area contributed by atoms with E-state index < -0.39 is 0 Å². The SMILES string of the molecule is CN1CCN(C(=O)c2cc(-c3ccco3)on2)c2ccccc21. The van der Waals surface area contributed by atoms with Gasteiger partial charge in [-0.3, -0.25) is 4.79 Å². The Bertz CT molecular complexity index is 838. The van der Waals surface area contributed by atoms with Gasteiger partial charge >= 0.3 is 0 Å². The number of hydrogen-bond donors (Lipinski definition) is 0. The lowest BCUT2D eigenvalue weighted by atomic mass is 10.1.